The van der Waals surface area contributed by atoms with Crippen molar-refractivity contribution in [3.05, 3.63) is 23.8 Å². The Bertz CT molecular complexity index is 489. The molecule has 0 saturated carbocycles. The topological polar surface area (TPSA) is 52.6 Å². The normalized spacial score (nSPS) is 11.6. The summed E-state index contributed by atoms with van der Waals surface area (Å²) < 4.78 is 34.2. The molecule has 0 amide bonds. The van der Waals surface area contributed by atoms with Gasteiger partial charge in [0.25, 0.3) is 0 Å². The van der Waals surface area contributed by atoms with Crippen molar-refractivity contribution < 1.29 is 17.9 Å². The van der Waals surface area contributed by atoms with Gasteiger partial charge in [0.15, 0.2) is 21.3 Å². The van der Waals surface area contributed by atoms with Crippen LogP contribution >= 0.6 is 15.9 Å². The van der Waals surface area contributed by atoms with E-state index in [1.165, 1.54) is 0 Å². The molecule has 0 aliphatic rings. The molecule has 0 aliphatic carbocycles. The lowest BCUT2D eigenvalue weighted by atomic mass is 10.2. The maximum atomic E-state index is 11.7. The van der Waals surface area contributed by atoms with E-state index in [0.29, 0.717) is 16.8 Å². The van der Waals surface area contributed by atoms with Crippen molar-refractivity contribution in [3.63, 3.8) is 0 Å². The monoisotopic (exact) mass is 350 g/mol. The lowest BCUT2D eigenvalue weighted by molar-refractivity contribution is 0.309. The second-order valence-corrected chi connectivity index (χ2v) is 7.58. The van der Waals surface area contributed by atoms with Crippen LogP contribution in [0.2, 0.25) is 0 Å². The number of halogens is 1. The lowest BCUT2D eigenvalue weighted by Gasteiger charge is -2.14. The summed E-state index contributed by atoms with van der Waals surface area (Å²) >= 11 is 3.37. The van der Waals surface area contributed by atoms with Gasteiger partial charge in [-0.25, -0.2) is 8.42 Å². The zero-order valence-electron chi connectivity index (χ0n) is 11.3. The third-order valence-electron chi connectivity index (χ3n) is 2.76. The zero-order chi connectivity index (χ0) is 14.5. The van der Waals surface area contributed by atoms with Crippen LogP contribution in [0.4, 0.5) is 0 Å². The van der Waals surface area contributed by atoms with Crippen LogP contribution in [0.15, 0.2) is 18.2 Å². The van der Waals surface area contributed by atoms with Crippen molar-refractivity contribution in [1.82, 2.24) is 0 Å². The fourth-order valence-electron chi connectivity index (χ4n) is 1.49. The summed E-state index contributed by atoms with van der Waals surface area (Å²) in [4.78, 5) is 0. The molecule has 4 nitrogen and oxygen atoms in total. The third-order valence-corrected chi connectivity index (χ3v) is 5.53. The number of hydrogen-bond acceptors (Lipinski definition) is 4. The molecule has 0 aromatic heterocycles. The predicted octanol–water partition coefficient (Wildman–Crippen LogP) is 2.79. The van der Waals surface area contributed by atoms with E-state index in [9.17, 15) is 8.42 Å². The van der Waals surface area contributed by atoms with Gasteiger partial charge in [0.2, 0.25) is 0 Å². The van der Waals surface area contributed by atoms with E-state index >= 15 is 0 Å². The molecule has 0 saturated heterocycles. The smallest absolute Gasteiger partial charge is 0.165 e. The van der Waals surface area contributed by atoms with Crippen molar-refractivity contribution in [2.45, 2.75) is 24.4 Å². The molecular formula is C13H19BrO4S. The summed E-state index contributed by atoms with van der Waals surface area (Å²) in [6, 6.07) is 5.56. The first-order chi connectivity index (χ1) is 8.92. The second kappa shape index (κ2) is 7.14. The molecular weight excluding hydrogens is 332 g/mol. The van der Waals surface area contributed by atoms with Crippen LogP contribution in [-0.4, -0.2) is 33.1 Å². The molecule has 0 unspecified atom stereocenters. The standard InChI is InChI=1S/C13H19BrO4S/c1-10(2)19(15,16)8-7-18-13-11(9-14)5-4-6-12(13)17-3/h4-6,10H,7-9H2,1-3H3. The first-order valence-electron chi connectivity index (χ1n) is 5.98. The number of sulfone groups is 1. The Morgan fingerprint density at radius 2 is 2.00 bits per heavy atom. The number of hydrogen-bond donors (Lipinski definition) is 0. The van der Waals surface area contributed by atoms with Crippen LogP contribution in [0, 0.1) is 0 Å². The summed E-state index contributed by atoms with van der Waals surface area (Å²) in [6.45, 7) is 3.46. The van der Waals surface area contributed by atoms with Gasteiger partial charge in [-0.3, -0.25) is 0 Å². The van der Waals surface area contributed by atoms with Crippen molar-refractivity contribution in [2.75, 3.05) is 19.5 Å². The van der Waals surface area contributed by atoms with Gasteiger partial charge in [-0.2, -0.15) is 0 Å². The zero-order valence-corrected chi connectivity index (χ0v) is 13.8. The molecule has 0 bridgehead atoms. The Kier molecular flexibility index (Phi) is 6.13. The Labute approximate surface area is 123 Å². The fraction of sp³-hybridized carbons (Fsp3) is 0.538. The maximum absolute atomic E-state index is 11.7. The summed E-state index contributed by atoms with van der Waals surface area (Å²) in [5.41, 5.74) is 0.932. The number of rotatable bonds is 7. The Hall–Kier alpha value is -0.750. The molecule has 0 aliphatic heterocycles. The SMILES string of the molecule is COc1cccc(CBr)c1OCCS(=O)(=O)C(C)C. The Morgan fingerprint density at radius 1 is 1.32 bits per heavy atom. The molecule has 1 rings (SSSR count). The highest BCUT2D eigenvalue weighted by Gasteiger charge is 2.17. The quantitative estimate of drug-likeness (QED) is 0.709. The van der Waals surface area contributed by atoms with Gasteiger partial charge >= 0.3 is 0 Å². The molecule has 1 aromatic carbocycles. The molecule has 0 N–H and O–H groups in total. The van der Waals surface area contributed by atoms with Crippen molar-refractivity contribution >= 4 is 25.8 Å². The van der Waals surface area contributed by atoms with Crippen molar-refractivity contribution in [1.29, 1.82) is 0 Å². The summed E-state index contributed by atoms with van der Waals surface area (Å²) in [7, 11) is -1.52. The van der Waals surface area contributed by atoms with Gasteiger partial charge in [-0.15, -0.1) is 0 Å². The van der Waals surface area contributed by atoms with Crippen molar-refractivity contribution in [2.24, 2.45) is 0 Å². The molecule has 0 heterocycles. The van der Waals surface area contributed by atoms with E-state index in [4.69, 9.17) is 9.47 Å². The minimum Gasteiger partial charge on any atom is -0.493 e. The molecule has 0 fully saturated rings. The van der Waals surface area contributed by atoms with E-state index in [2.05, 4.69) is 15.9 Å². The predicted molar refractivity (Wildman–Crippen MR) is 80.0 cm³/mol. The molecule has 108 valence electrons. The molecule has 0 spiro atoms. The van der Waals surface area contributed by atoms with Crippen LogP contribution in [0.1, 0.15) is 19.4 Å². The lowest BCUT2D eigenvalue weighted by Crippen LogP contribution is -2.22. The number of benzene rings is 1. The number of ether oxygens (including phenoxy) is 2. The molecule has 6 heteroatoms. The summed E-state index contributed by atoms with van der Waals surface area (Å²) in [5, 5.41) is 0.237. The van der Waals surface area contributed by atoms with E-state index in [1.807, 2.05) is 12.1 Å². The van der Waals surface area contributed by atoms with Crippen LogP contribution < -0.4 is 9.47 Å². The average molecular weight is 351 g/mol. The second-order valence-electron chi connectivity index (χ2n) is 4.35. The summed E-state index contributed by atoms with van der Waals surface area (Å²) in [5.74, 6) is 1.21. The van der Waals surface area contributed by atoms with Crippen molar-refractivity contribution in [3.8, 4) is 11.5 Å². The highest BCUT2D eigenvalue weighted by Crippen LogP contribution is 2.32. The molecule has 0 radical (unpaired) electrons. The highest BCUT2D eigenvalue weighted by atomic mass is 79.9. The van der Waals surface area contributed by atoms with E-state index in [-0.39, 0.29) is 17.6 Å². The fourth-order valence-corrected chi connectivity index (χ4v) is 2.72. The number of para-hydroxylation sites is 1. The van der Waals surface area contributed by atoms with Gasteiger partial charge in [0.1, 0.15) is 6.61 Å². The van der Waals surface area contributed by atoms with Gasteiger partial charge in [-0.1, -0.05) is 28.1 Å². The van der Waals surface area contributed by atoms with Crippen LogP contribution in [0.5, 0.6) is 11.5 Å². The van der Waals surface area contributed by atoms with E-state index in [0.717, 1.165) is 5.56 Å². The average Bonchev–Trinajstić information content (AvgIpc) is 2.38. The van der Waals surface area contributed by atoms with Gasteiger partial charge < -0.3 is 9.47 Å². The maximum Gasteiger partial charge on any atom is 0.165 e. The first-order valence-corrected chi connectivity index (χ1v) is 8.82. The van der Waals surface area contributed by atoms with Gasteiger partial charge in [-0.05, 0) is 19.9 Å². The number of alkyl halides is 1. The minimum absolute atomic E-state index is 0.00441. The van der Waals surface area contributed by atoms with Crippen LogP contribution in [-0.2, 0) is 15.2 Å². The Morgan fingerprint density at radius 3 is 2.53 bits per heavy atom. The number of methoxy groups -OCH3 is 1. The molecule has 1 aromatic rings. The van der Waals surface area contributed by atoms with Crippen LogP contribution in [0.3, 0.4) is 0 Å². The van der Waals surface area contributed by atoms with Gasteiger partial charge in [0.05, 0.1) is 18.1 Å². The minimum atomic E-state index is -3.09. The van der Waals surface area contributed by atoms with E-state index < -0.39 is 9.84 Å². The molecule has 19 heavy (non-hydrogen) atoms. The first kappa shape index (κ1) is 16.3. The third kappa shape index (κ3) is 4.38. The Balaban J connectivity index is 2.78. The van der Waals surface area contributed by atoms with E-state index in [1.54, 1.807) is 27.0 Å². The van der Waals surface area contributed by atoms with Gasteiger partial charge in [0, 0.05) is 10.9 Å². The van der Waals surface area contributed by atoms with Crippen LogP contribution in [0.25, 0.3) is 0 Å². The summed E-state index contributed by atoms with van der Waals surface area (Å²) in [6.07, 6.45) is 0. The molecule has 0 atom stereocenters. The highest BCUT2D eigenvalue weighted by molar-refractivity contribution is 9.08. The largest absolute Gasteiger partial charge is 0.493 e.